The zero-order chi connectivity index (χ0) is 17.3. The smallest absolute Gasteiger partial charge is 0.236 e. The van der Waals surface area contributed by atoms with Crippen LogP contribution in [0.1, 0.15) is 12.0 Å². The van der Waals surface area contributed by atoms with Gasteiger partial charge in [0, 0.05) is 44.6 Å². The molecular weight excluding hydrogens is 326 g/mol. The van der Waals surface area contributed by atoms with Crippen LogP contribution >= 0.6 is 0 Å². The molecule has 0 N–H and O–H groups in total. The molecule has 1 saturated heterocycles. The standard InChI is InChI=1S/C17H23N3O3S/c18-8-4-9-20(11-10-19-12-14-23-15-13-19)24(21,22)16-7-17-5-2-1-3-6-17/h1-3,5-7,16H,4,9-15H2/b16-7+. The van der Waals surface area contributed by atoms with Gasteiger partial charge in [0.1, 0.15) is 0 Å². The molecule has 1 fully saturated rings. The molecule has 2 rings (SSSR count). The van der Waals surface area contributed by atoms with E-state index in [4.69, 9.17) is 10.00 Å². The van der Waals surface area contributed by atoms with Crippen molar-refractivity contribution >= 4 is 16.1 Å². The van der Waals surface area contributed by atoms with Crippen LogP contribution in [0.25, 0.3) is 6.08 Å². The summed E-state index contributed by atoms with van der Waals surface area (Å²) in [6, 6.07) is 11.3. The van der Waals surface area contributed by atoms with E-state index in [2.05, 4.69) is 4.90 Å². The van der Waals surface area contributed by atoms with Crippen LogP contribution < -0.4 is 0 Å². The fourth-order valence-electron chi connectivity index (χ4n) is 2.43. The molecule has 1 aromatic carbocycles. The summed E-state index contributed by atoms with van der Waals surface area (Å²) >= 11 is 0. The predicted molar refractivity (Wildman–Crippen MR) is 93.5 cm³/mol. The minimum Gasteiger partial charge on any atom is -0.379 e. The minimum absolute atomic E-state index is 0.182. The molecule has 0 aliphatic carbocycles. The molecule has 0 spiro atoms. The monoisotopic (exact) mass is 349 g/mol. The predicted octanol–water partition coefficient (Wildman–Crippen LogP) is 1.53. The molecule has 7 heteroatoms. The summed E-state index contributed by atoms with van der Waals surface area (Å²) in [7, 11) is -3.55. The Morgan fingerprint density at radius 3 is 2.58 bits per heavy atom. The number of hydrogen-bond acceptors (Lipinski definition) is 5. The third-order valence-corrected chi connectivity index (χ3v) is 5.40. The highest BCUT2D eigenvalue weighted by Gasteiger charge is 2.20. The van der Waals surface area contributed by atoms with Crippen molar-refractivity contribution in [3.8, 4) is 6.07 Å². The number of ether oxygens (including phenoxy) is 1. The van der Waals surface area contributed by atoms with E-state index in [0.717, 1.165) is 18.7 Å². The zero-order valence-electron chi connectivity index (χ0n) is 13.7. The third-order valence-electron chi connectivity index (χ3n) is 3.83. The Hall–Kier alpha value is -1.72. The van der Waals surface area contributed by atoms with E-state index in [1.807, 2.05) is 36.4 Å². The van der Waals surface area contributed by atoms with Gasteiger partial charge in [-0.2, -0.15) is 9.57 Å². The van der Waals surface area contributed by atoms with E-state index in [1.165, 1.54) is 9.71 Å². The van der Waals surface area contributed by atoms with Gasteiger partial charge in [-0.05, 0) is 11.6 Å². The van der Waals surface area contributed by atoms with Gasteiger partial charge in [-0.3, -0.25) is 4.90 Å². The molecule has 24 heavy (non-hydrogen) atoms. The molecule has 6 nitrogen and oxygen atoms in total. The van der Waals surface area contributed by atoms with Gasteiger partial charge in [0.25, 0.3) is 0 Å². The summed E-state index contributed by atoms with van der Waals surface area (Å²) < 4.78 is 31.8. The van der Waals surface area contributed by atoms with Crippen molar-refractivity contribution in [3.63, 3.8) is 0 Å². The van der Waals surface area contributed by atoms with Gasteiger partial charge in [0.2, 0.25) is 10.0 Å². The quantitative estimate of drug-likeness (QED) is 0.712. The number of hydrogen-bond donors (Lipinski definition) is 0. The first-order valence-corrected chi connectivity index (χ1v) is 9.52. The fraction of sp³-hybridized carbons (Fsp3) is 0.471. The summed E-state index contributed by atoms with van der Waals surface area (Å²) in [5, 5.41) is 10.0. The summed E-state index contributed by atoms with van der Waals surface area (Å²) in [6.07, 6.45) is 1.77. The summed E-state index contributed by atoms with van der Waals surface area (Å²) in [5.41, 5.74) is 0.828. The van der Waals surface area contributed by atoms with Crippen molar-refractivity contribution in [2.24, 2.45) is 0 Å². The number of sulfonamides is 1. The van der Waals surface area contributed by atoms with E-state index in [9.17, 15) is 8.42 Å². The van der Waals surface area contributed by atoms with Crippen LogP contribution in [0, 0.1) is 11.3 Å². The van der Waals surface area contributed by atoms with Gasteiger partial charge in [-0.15, -0.1) is 0 Å². The molecule has 0 bridgehead atoms. The second kappa shape index (κ2) is 9.55. The topological polar surface area (TPSA) is 73.6 Å². The van der Waals surface area contributed by atoms with Gasteiger partial charge in [-0.25, -0.2) is 8.42 Å². The van der Waals surface area contributed by atoms with Gasteiger partial charge in [0.05, 0.1) is 19.3 Å². The number of morpholine rings is 1. The van der Waals surface area contributed by atoms with Crippen LogP contribution in [0.5, 0.6) is 0 Å². The Morgan fingerprint density at radius 2 is 1.92 bits per heavy atom. The average molecular weight is 349 g/mol. The summed E-state index contributed by atoms with van der Waals surface area (Å²) in [5.74, 6) is 0. The van der Waals surface area contributed by atoms with Crippen LogP contribution in [0.15, 0.2) is 35.7 Å². The molecule has 0 amide bonds. The highest BCUT2D eigenvalue weighted by atomic mass is 32.2. The second-order valence-corrected chi connectivity index (χ2v) is 7.34. The first-order chi connectivity index (χ1) is 11.6. The maximum atomic E-state index is 12.6. The van der Waals surface area contributed by atoms with E-state index in [-0.39, 0.29) is 13.0 Å². The Labute approximate surface area is 144 Å². The van der Waals surface area contributed by atoms with Gasteiger partial charge >= 0.3 is 0 Å². The summed E-state index contributed by atoms with van der Waals surface area (Å²) in [4.78, 5) is 2.18. The van der Waals surface area contributed by atoms with Crippen LogP contribution in [-0.2, 0) is 14.8 Å². The lowest BCUT2D eigenvalue weighted by atomic mass is 10.2. The first kappa shape index (κ1) is 18.6. The van der Waals surface area contributed by atoms with Crippen molar-refractivity contribution in [3.05, 3.63) is 41.3 Å². The van der Waals surface area contributed by atoms with Gasteiger partial charge in [0.15, 0.2) is 0 Å². The molecule has 0 saturated carbocycles. The first-order valence-electron chi connectivity index (χ1n) is 8.02. The second-order valence-electron chi connectivity index (χ2n) is 5.52. The Morgan fingerprint density at radius 1 is 1.21 bits per heavy atom. The van der Waals surface area contributed by atoms with E-state index < -0.39 is 10.0 Å². The zero-order valence-corrected chi connectivity index (χ0v) is 14.5. The van der Waals surface area contributed by atoms with E-state index in [1.54, 1.807) is 6.08 Å². The average Bonchev–Trinajstić information content (AvgIpc) is 2.62. The lowest BCUT2D eigenvalue weighted by molar-refractivity contribution is 0.0364. The number of nitrogens with zero attached hydrogens (tertiary/aromatic N) is 3. The number of rotatable bonds is 8. The van der Waals surface area contributed by atoms with Crippen molar-refractivity contribution in [1.29, 1.82) is 5.26 Å². The minimum atomic E-state index is -3.55. The molecule has 0 aromatic heterocycles. The van der Waals surface area contributed by atoms with Crippen molar-refractivity contribution in [2.75, 3.05) is 45.9 Å². The Bertz CT molecular complexity index is 662. The molecule has 0 atom stereocenters. The molecule has 1 aliphatic heterocycles. The Kier molecular flexibility index (Phi) is 7.40. The molecule has 0 radical (unpaired) electrons. The molecular formula is C17H23N3O3S. The highest BCUT2D eigenvalue weighted by molar-refractivity contribution is 7.92. The number of nitriles is 1. The number of benzene rings is 1. The summed E-state index contributed by atoms with van der Waals surface area (Å²) in [6.45, 7) is 4.22. The largest absolute Gasteiger partial charge is 0.379 e. The Balaban J connectivity index is 2.01. The molecule has 1 heterocycles. The van der Waals surface area contributed by atoms with E-state index >= 15 is 0 Å². The fourth-order valence-corrected chi connectivity index (χ4v) is 3.62. The molecule has 0 unspecified atom stereocenters. The maximum Gasteiger partial charge on any atom is 0.236 e. The maximum absolute atomic E-state index is 12.6. The third kappa shape index (κ3) is 6.06. The highest BCUT2D eigenvalue weighted by Crippen LogP contribution is 2.09. The molecule has 1 aliphatic rings. The van der Waals surface area contributed by atoms with Crippen LogP contribution in [0.4, 0.5) is 0 Å². The van der Waals surface area contributed by atoms with Crippen molar-refractivity contribution < 1.29 is 13.2 Å². The van der Waals surface area contributed by atoms with Crippen LogP contribution in [-0.4, -0.2) is 63.6 Å². The van der Waals surface area contributed by atoms with Crippen LogP contribution in [0.2, 0.25) is 0 Å². The molecule has 1 aromatic rings. The lowest BCUT2D eigenvalue weighted by Gasteiger charge is -2.29. The van der Waals surface area contributed by atoms with Crippen molar-refractivity contribution in [1.82, 2.24) is 9.21 Å². The van der Waals surface area contributed by atoms with Gasteiger partial charge < -0.3 is 4.74 Å². The van der Waals surface area contributed by atoms with Crippen molar-refractivity contribution in [2.45, 2.75) is 6.42 Å². The molecule has 130 valence electrons. The van der Waals surface area contributed by atoms with Crippen LogP contribution in [0.3, 0.4) is 0 Å². The lowest BCUT2D eigenvalue weighted by Crippen LogP contribution is -2.42. The van der Waals surface area contributed by atoms with Gasteiger partial charge in [-0.1, -0.05) is 30.3 Å². The van der Waals surface area contributed by atoms with E-state index in [0.29, 0.717) is 26.3 Å². The SMILES string of the molecule is N#CCCN(CCN1CCOCC1)S(=O)(=O)/C=C/c1ccccc1. The normalized spacial score (nSPS) is 16.5.